The normalized spacial score (nSPS) is 23.8. The Morgan fingerprint density at radius 1 is 1.65 bits per heavy atom. The Morgan fingerprint density at radius 3 is 2.88 bits per heavy atom. The quantitative estimate of drug-likeness (QED) is 0.865. The summed E-state index contributed by atoms with van der Waals surface area (Å²) in [5, 5.41) is 11.9. The molecule has 2 rings (SSSR count). The fourth-order valence-corrected chi connectivity index (χ4v) is 3.30. The first-order valence-corrected chi connectivity index (χ1v) is 7.29. The van der Waals surface area contributed by atoms with Crippen molar-refractivity contribution >= 4 is 33.2 Å². The molecule has 1 aromatic heterocycles. The van der Waals surface area contributed by atoms with Gasteiger partial charge in [-0.1, -0.05) is 13.8 Å². The summed E-state index contributed by atoms with van der Waals surface area (Å²) < 4.78 is 0.934. The minimum Gasteiger partial charge on any atom is -0.391 e. The van der Waals surface area contributed by atoms with E-state index in [1.54, 1.807) is 4.90 Å². The summed E-state index contributed by atoms with van der Waals surface area (Å²) in [5.41, 5.74) is -0.0905. The first-order chi connectivity index (χ1) is 7.90. The fraction of sp³-hybridized carbons (Fsp3) is 0.583. The van der Waals surface area contributed by atoms with Gasteiger partial charge in [0.15, 0.2) is 0 Å². The van der Waals surface area contributed by atoms with Gasteiger partial charge in [0.1, 0.15) is 0 Å². The molecule has 0 saturated carbocycles. The van der Waals surface area contributed by atoms with Crippen LogP contribution in [0.3, 0.4) is 0 Å². The van der Waals surface area contributed by atoms with E-state index < -0.39 is 6.10 Å². The number of hydrogen-bond acceptors (Lipinski definition) is 3. The Labute approximate surface area is 114 Å². The molecule has 3 nitrogen and oxygen atoms in total. The summed E-state index contributed by atoms with van der Waals surface area (Å²) >= 11 is 4.78. The molecule has 1 unspecified atom stereocenters. The van der Waals surface area contributed by atoms with Gasteiger partial charge in [-0.25, -0.2) is 0 Å². The van der Waals surface area contributed by atoms with Crippen molar-refractivity contribution in [1.82, 2.24) is 4.90 Å². The van der Waals surface area contributed by atoms with Gasteiger partial charge in [-0.15, -0.1) is 11.3 Å². The molecule has 1 saturated heterocycles. The van der Waals surface area contributed by atoms with Crippen LogP contribution in [0.15, 0.2) is 15.9 Å². The third-order valence-electron chi connectivity index (χ3n) is 3.39. The second-order valence-electron chi connectivity index (χ2n) is 5.13. The Hall–Kier alpha value is -0.390. The van der Waals surface area contributed by atoms with E-state index in [1.807, 2.05) is 25.3 Å². The average Bonchev–Trinajstić information content (AvgIpc) is 2.68. The number of likely N-dealkylation sites (tertiary alicyclic amines) is 1. The average molecular weight is 318 g/mol. The summed E-state index contributed by atoms with van der Waals surface area (Å²) in [6.45, 7) is 5.24. The molecule has 17 heavy (non-hydrogen) atoms. The molecular weight excluding hydrogens is 302 g/mol. The summed E-state index contributed by atoms with van der Waals surface area (Å²) in [7, 11) is 0. The number of nitrogens with zero attached hydrogens (tertiary/aromatic N) is 1. The number of halogens is 1. The van der Waals surface area contributed by atoms with Gasteiger partial charge >= 0.3 is 0 Å². The minimum atomic E-state index is -0.441. The number of piperidine rings is 1. The molecule has 1 aliphatic heterocycles. The molecule has 0 radical (unpaired) electrons. The monoisotopic (exact) mass is 317 g/mol. The number of thiophene rings is 1. The molecule has 5 heteroatoms. The highest BCUT2D eigenvalue weighted by Crippen LogP contribution is 2.31. The van der Waals surface area contributed by atoms with E-state index in [-0.39, 0.29) is 11.3 Å². The summed E-state index contributed by atoms with van der Waals surface area (Å²) in [6.07, 6.45) is 0.399. The van der Waals surface area contributed by atoms with Gasteiger partial charge in [-0.05, 0) is 33.8 Å². The van der Waals surface area contributed by atoms with Gasteiger partial charge in [-0.3, -0.25) is 4.79 Å². The number of rotatable bonds is 1. The van der Waals surface area contributed by atoms with E-state index in [0.29, 0.717) is 6.54 Å². The molecule has 0 spiro atoms. The van der Waals surface area contributed by atoms with E-state index >= 15 is 0 Å². The zero-order valence-electron chi connectivity index (χ0n) is 9.94. The van der Waals surface area contributed by atoms with Crippen molar-refractivity contribution in [2.24, 2.45) is 5.41 Å². The van der Waals surface area contributed by atoms with Gasteiger partial charge in [0.2, 0.25) is 0 Å². The van der Waals surface area contributed by atoms with Crippen LogP contribution < -0.4 is 0 Å². The van der Waals surface area contributed by atoms with Crippen LogP contribution in [-0.2, 0) is 0 Å². The first kappa shape index (κ1) is 13.1. The van der Waals surface area contributed by atoms with Crippen molar-refractivity contribution in [1.29, 1.82) is 0 Å². The number of β-amino-alcohol motifs (C(OH)–C–C–N with tert-alkyl or cyclic N) is 1. The molecule has 1 aromatic rings. The predicted molar refractivity (Wildman–Crippen MR) is 72.3 cm³/mol. The zero-order chi connectivity index (χ0) is 12.6. The van der Waals surface area contributed by atoms with Gasteiger partial charge in [0, 0.05) is 22.9 Å². The highest BCUT2D eigenvalue weighted by Gasteiger charge is 2.36. The Morgan fingerprint density at radius 2 is 2.35 bits per heavy atom. The lowest BCUT2D eigenvalue weighted by Gasteiger charge is -2.41. The van der Waals surface area contributed by atoms with Crippen molar-refractivity contribution in [3.05, 3.63) is 20.8 Å². The Balaban J connectivity index is 2.08. The molecular formula is C12H16BrNO2S. The predicted octanol–water partition coefficient (Wildman–Crippen LogP) is 2.74. The maximum absolute atomic E-state index is 12.2. The highest BCUT2D eigenvalue weighted by atomic mass is 79.9. The summed E-state index contributed by atoms with van der Waals surface area (Å²) in [4.78, 5) is 14.6. The molecule has 1 fully saturated rings. The zero-order valence-corrected chi connectivity index (χ0v) is 12.3. The lowest BCUT2D eigenvalue weighted by atomic mass is 9.80. The van der Waals surface area contributed by atoms with Gasteiger partial charge in [0.25, 0.3) is 5.91 Å². The number of aliphatic hydroxyl groups is 1. The van der Waals surface area contributed by atoms with Crippen LogP contribution in [0.5, 0.6) is 0 Å². The maximum atomic E-state index is 12.2. The molecule has 94 valence electrons. The number of carbonyl (C=O) groups is 1. The van der Waals surface area contributed by atoms with E-state index in [9.17, 15) is 9.90 Å². The van der Waals surface area contributed by atoms with Crippen molar-refractivity contribution < 1.29 is 9.90 Å². The summed E-state index contributed by atoms with van der Waals surface area (Å²) in [5.74, 6) is 0.0234. The van der Waals surface area contributed by atoms with Gasteiger partial charge < -0.3 is 10.0 Å². The third-order valence-corrected chi connectivity index (χ3v) is 5.07. The van der Waals surface area contributed by atoms with Crippen LogP contribution in [0.2, 0.25) is 0 Å². The molecule has 0 aliphatic carbocycles. The largest absolute Gasteiger partial charge is 0.391 e. The molecule has 0 bridgehead atoms. The van der Waals surface area contributed by atoms with Crippen LogP contribution in [0, 0.1) is 5.41 Å². The van der Waals surface area contributed by atoms with E-state index in [4.69, 9.17) is 0 Å². The standard InChI is InChI=1S/C12H16BrNO2S/c1-12(2)3-4-14(6-10(12)15)11(16)9-5-8(13)7-17-9/h5,7,10,15H,3-4,6H2,1-2H3. The molecule has 2 heterocycles. The van der Waals surface area contributed by atoms with Crippen molar-refractivity contribution in [3.8, 4) is 0 Å². The topological polar surface area (TPSA) is 40.5 Å². The van der Waals surface area contributed by atoms with Crippen molar-refractivity contribution in [2.75, 3.05) is 13.1 Å². The molecule has 1 amide bonds. The number of carbonyl (C=O) groups excluding carboxylic acids is 1. The number of amides is 1. The summed E-state index contributed by atoms with van der Waals surface area (Å²) in [6, 6.07) is 1.83. The van der Waals surface area contributed by atoms with E-state index in [0.717, 1.165) is 22.3 Å². The van der Waals surface area contributed by atoms with Crippen LogP contribution in [0.25, 0.3) is 0 Å². The second-order valence-corrected chi connectivity index (χ2v) is 6.96. The second kappa shape index (κ2) is 4.71. The minimum absolute atomic E-state index is 0.0234. The van der Waals surface area contributed by atoms with Gasteiger partial charge in [0.05, 0.1) is 11.0 Å². The number of hydrogen-bond donors (Lipinski definition) is 1. The van der Waals surface area contributed by atoms with E-state index in [2.05, 4.69) is 15.9 Å². The molecule has 1 atom stereocenters. The van der Waals surface area contributed by atoms with Gasteiger partial charge in [-0.2, -0.15) is 0 Å². The first-order valence-electron chi connectivity index (χ1n) is 5.61. The maximum Gasteiger partial charge on any atom is 0.264 e. The molecule has 1 aliphatic rings. The smallest absolute Gasteiger partial charge is 0.264 e. The van der Waals surface area contributed by atoms with Crippen LogP contribution in [0.4, 0.5) is 0 Å². The van der Waals surface area contributed by atoms with Crippen LogP contribution in [-0.4, -0.2) is 35.1 Å². The van der Waals surface area contributed by atoms with Crippen molar-refractivity contribution in [2.45, 2.75) is 26.4 Å². The lowest BCUT2D eigenvalue weighted by Crippen LogP contribution is -2.50. The fourth-order valence-electron chi connectivity index (χ4n) is 1.90. The van der Waals surface area contributed by atoms with E-state index in [1.165, 1.54) is 11.3 Å². The number of aliphatic hydroxyl groups excluding tert-OH is 1. The van der Waals surface area contributed by atoms with Crippen LogP contribution >= 0.6 is 27.3 Å². The van der Waals surface area contributed by atoms with Crippen LogP contribution in [0.1, 0.15) is 29.9 Å². The molecule has 1 N–H and O–H groups in total. The lowest BCUT2D eigenvalue weighted by molar-refractivity contribution is -0.0189. The SMILES string of the molecule is CC1(C)CCN(C(=O)c2cc(Br)cs2)CC1O. The highest BCUT2D eigenvalue weighted by molar-refractivity contribution is 9.10. The third kappa shape index (κ3) is 2.72. The Bertz CT molecular complexity index is 430. The molecule has 0 aromatic carbocycles. The van der Waals surface area contributed by atoms with Crippen molar-refractivity contribution in [3.63, 3.8) is 0 Å². The Kier molecular flexibility index (Phi) is 3.61.